The van der Waals surface area contributed by atoms with Crippen molar-refractivity contribution in [3.63, 3.8) is 0 Å². The van der Waals surface area contributed by atoms with Gasteiger partial charge in [-0.05, 0) is 79.4 Å². The van der Waals surface area contributed by atoms with Gasteiger partial charge in [0.15, 0.2) is 0 Å². The van der Waals surface area contributed by atoms with Crippen LogP contribution in [0.25, 0.3) is 5.69 Å². The fraction of sp³-hybridized carbons (Fsp3) is 0.364. The highest BCUT2D eigenvalue weighted by Crippen LogP contribution is 2.27. The fourth-order valence-electron chi connectivity index (χ4n) is 4.18. The Morgan fingerprint density at radius 3 is 2.41 bits per heavy atom. The molecule has 1 aliphatic heterocycles. The third-order valence-electron chi connectivity index (χ3n) is 5.77. The van der Waals surface area contributed by atoms with Gasteiger partial charge in [0.2, 0.25) is 15.9 Å². The molecule has 1 fully saturated rings. The minimum Gasteiger partial charge on any atom is -0.325 e. The lowest BCUT2D eigenvalue weighted by Crippen LogP contribution is -2.43. The molecule has 2 aromatic carbocycles. The van der Waals surface area contributed by atoms with Crippen molar-refractivity contribution in [3.05, 3.63) is 59.4 Å². The van der Waals surface area contributed by atoms with Crippen molar-refractivity contribution in [2.75, 3.05) is 18.4 Å². The van der Waals surface area contributed by atoms with Gasteiger partial charge in [0.05, 0.1) is 16.5 Å². The van der Waals surface area contributed by atoms with Gasteiger partial charge in [-0.1, -0.05) is 17.7 Å². The van der Waals surface area contributed by atoms with Crippen LogP contribution in [0.3, 0.4) is 0 Å². The van der Waals surface area contributed by atoms with Gasteiger partial charge in [-0.2, -0.15) is 4.31 Å². The molecule has 0 bridgehead atoms. The molecule has 0 saturated carbocycles. The lowest BCUT2D eigenvalue weighted by molar-refractivity contribution is -0.120. The summed E-state index contributed by atoms with van der Waals surface area (Å²) in [6, 6.07) is 10.4. The largest absolute Gasteiger partial charge is 0.325 e. The minimum atomic E-state index is -3.72. The summed E-state index contributed by atoms with van der Waals surface area (Å²) in [5.74, 6) is -0.548. The smallest absolute Gasteiger partial charge is 0.243 e. The van der Waals surface area contributed by atoms with Gasteiger partial charge in [-0.15, -0.1) is 5.10 Å². The maximum absolute atomic E-state index is 13.2. The summed E-state index contributed by atoms with van der Waals surface area (Å²) < 4.78 is 29.3. The summed E-state index contributed by atoms with van der Waals surface area (Å²) >= 11 is 0. The Kier molecular flexibility index (Phi) is 6.07. The first-order valence-corrected chi connectivity index (χ1v) is 11.9. The van der Waals surface area contributed by atoms with Crippen molar-refractivity contribution in [1.29, 1.82) is 0 Å². The number of amides is 1. The van der Waals surface area contributed by atoms with Crippen molar-refractivity contribution in [3.8, 4) is 5.69 Å². The number of hydrogen-bond acceptors (Lipinski definition) is 6. The SMILES string of the molecule is Cc1cc(C)c(NC(=O)[C@H]2CCCN(S(=O)(=O)c3ccc(-n4cnnn4)cc3)C2)c(C)c1. The van der Waals surface area contributed by atoms with Gasteiger partial charge in [0, 0.05) is 18.8 Å². The fourth-order valence-corrected chi connectivity index (χ4v) is 5.70. The van der Waals surface area contributed by atoms with E-state index >= 15 is 0 Å². The van der Waals surface area contributed by atoms with Gasteiger partial charge < -0.3 is 5.32 Å². The number of aryl methyl sites for hydroxylation is 3. The molecule has 1 aromatic heterocycles. The number of sulfonamides is 1. The third-order valence-corrected chi connectivity index (χ3v) is 7.65. The van der Waals surface area contributed by atoms with E-state index in [-0.39, 0.29) is 17.3 Å². The molecule has 168 valence electrons. The number of rotatable bonds is 5. The van der Waals surface area contributed by atoms with Gasteiger partial charge in [-0.25, -0.2) is 13.1 Å². The van der Waals surface area contributed by atoms with Crippen LogP contribution in [-0.2, 0) is 14.8 Å². The molecule has 2 heterocycles. The van der Waals surface area contributed by atoms with Crippen LogP contribution in [-0.4, -0.2) is 51.9 Å². The Morgan fingerprint density at radius 1 is 1.09 bits per heavy atom. The molecule has 10 heteroatoms. The number of nitrogens with zero attached hydrogens (tertiary/aromatic N) is 5. The first-order chi connectivity index (χ1) is 15.3. The van der Waals surface area contributed by atoms with Crippen molar-refractivity contribution in [2.45, 2.75) is 38.5 Å². The van der Waals surface area contributed by atoms with E-state index in [0.717, 1.165) is 22.4 Å². The van der Waals surface area contributed by atoms with Crippen molar-refractivity contribution in [2.24, 2.45) is 5.92 Å². The Morgan fingerprint density at radius 2 is 1.78 bits per heavy atom. The molecular formula is C22H26N6O3S. The van der Waals surface area contributed by atoms with Crippen LogP contribution in [0.2, 0.25) is 0 Å². The summed E-state index contributed by atoms with van der Waals surface area (Å²) in [6.45, 7) is 6.50. The van der Waals surface area contributed by atoms with E-state index in [1.807, 2.05) is 32.9 Å². The zero-order valence-corrected chi connectivity index (χ0v) is 19.1. The van der Waals surface area contributed by atoms with Gasteiger partial charge in [0.25, 0.3) is 0 Å². The molecule has 0 aliphatic carbocycles. The second kappa shape index (κ2) is 8.79. The standard InChI is InChI=1S/C22H26N6O3S/c1-15-11-16(2)21(17(3)12-15)24-22(29)18-5-4-10-27(13-18)32(30,31)20-8-6-19(7-9-20)28-14-23-25-26-28/h6-9,11-12,14,18H,4-5,10,13H2,1-3H3,(H,24,29)/t18-/m0/s1. The molecule has 1 aliphatic rings. The van der Waals surface area contributed by atoms with E-state index < -0.39 is 15.9 Å². The Labute approximate surface area is 187 Å². The number of carbonyl (C=O) groups excluding carboxylic acids is 1. The van der Waals surface area contributed by atoms with E-state index in [4.69, 9.17) is 0 Å². The van der Waals surface area contributed by atoms with E-state index in [0.29, 0.717) is 25.1 Å². The summed E-state index contributed by atoms with van der Waals surface area (Å²) in [6.07, 6.45) is 2.72. The van der Waals surface area contributed by atoms with Gasteiger partial charge >= 0.3 is 0 Å². The van der Waals surface area contributed by atoms with Crippen LogP contribution >= 0.6 is 0 Å². The average Bonchev–Trinajstić information content (AvgIpc) is 3.31. The third kappa shape index (κ3) is 4.42. The highest BCUT2D eigenvalue weighted by Gasteiger charge is 2.33. The Balaban J connectivity index is 1.49. The molecule has 32 heavy (non-hydrogen) atoms. The van der Waals surface area contributed by atoms with Crippen LogP contribution in [0.1, 0.15) is 29.5 Å². The first-order valence-electron chi connectivity index (χ1n) is 10.5. The number of aromatic nitrogens is 4. The minimum absolute atomic E-state index is 0.144. The zero-order chi connectivity index (χ0) is 22.9. The number of benzene rings is 2. The number of hydrogen-bond donors (Lipinski definition) is 1. The number of piperidine rings is 1. The number of tetrazole rings is 1. The van der Waals surface area contributed by atoms with E-state index in [2.05, 4.69) is 20.8 Å². The van der Waals surface area contributed by atoms with E-state index in [1.165, 1.54) is 27.4 Å². The monoisotopic (exact) mass is 454 g/mol. The van der Waals surface area contributed by atoms with Crippen LogP contribution < -0.4 is 5.32 Å². The molecule has 0 radical (unpaired) electrons. The molecule has 9 nitrogen and oxygen atoms in total. The van der Waals surface area contributed by atoms with Crippen LogP contribution in [0.4, 0.5) is 5.69 Å². The Bertz CT molecular complexity index is 1200. The topological polar surface area (TPSA) is 110 Å². The normalized spacial score (nSPS) is 17.3. The molecule has 4 rings (SSSR count). The second-order valence-electron chi connectivity index (χ2n) is 8.21. The summed E-state index contributed by atoms with van der Waals surface area (Å²) in [4.78, 5) is 13.2. The van der Waals surface area contributed by atoms with Crippen LogP contribution in [0.15, 0.2) is 47.6 Å². The summed E-state index contributed by atoms with van der Waals surface area (Å²) in [7, 11) is -3.72. The average molecular weight is 455 g/mol. The molecule has 1 amide bonds. The molecule has 0 spiro atoms. The highest BCUT2D eigenvalue weighted by molar-refractivity contribution is 7.89. The zero-order valence-electron chi connectivity index (χ0n) is 18.3. The van der Waals surface area contributed by atoms with Gasteiger partial charge in [-0.3, -0.25) is 4.79 Å². The lowest BCUT2D eigenvalue weighted by Gasteiger charge is -2.31. The molecule has 1 atom stereocenters. The van der Waals surface area contributed by atoms with Gasteiger partial charge in [0.1, 0.15) is 6.33 Å². The van der Waals surface area contributed by atoms with E-state index in [1.54, 1.807) is 12.1 Å². The molecule has 1 saturated heterocycles. The predicted octanol–water partition coefficient (Wildman–Crippen LogP) is 2.63. The number of carbonyl (C=O) groups is 1. The number of nitrogens with one attached hydrogen (secondary N) is 1. The number of anilines is 1. The lowest BCUT2D eigenvalue weighted by atomic mass is 9.98. The van der Waals surface area contributed by atoms with Crippen LogP contribution in [0.5, 0.6) is 0 Å². The quantitative estimate of drug-likeness (QED) is 0.635. The maximum Gasteiger partial charge on any atom is 0.243 e. The van der Waals surface area contributed by atoms with Crippen LogP contribution in [0, 0.1) is 26.7 Å². The Hall–Kier alpha value is -3.11. The molecule has 1 N–H and O–H groups in total. The molecule has 0 unspecified atom stereocenters. The summed E-state index contributed by atoms with van der Waals surface area (Å²) in [5, 5.41) is 14.0. The predicted molar refractivity (Wildman–Crippen MR) is 120 cm³/mol. The van der Waals surface area contributed by atoms with Crippen molar-refractivity contribution < 1.29 is 13.2 Å². The molecular weight excluding hydrogens is 428 g/mol. The second-order valence-corrected chi connectivity index (χ2v) is 10.2. The highest BCUT2D eigenvalue weighted by atomic mass is 32.2. The maximum atomic E-state index is 13.2. The van der Waals surface area contributed by atoms with Crippen molar-refractivity contribution in [1.82, 2.24) is 24.5 Å². The first kappa shape index (κ1) is 22.1. The summed E-state index contributed by atoms with van der Waals surface area (Å²) in [5.41, 5.74) is 4.60. The molecule has 3 aromatic rings. The van der Waals surface area contributed by atoms with E-state index in [9.17, 15) is 13.2 Å². The van der Waals surface area contributed by atoms with Crippen molar-refractivity contribution >= 4 is 21.6 Å².